The summed E-state index contributed by atoms with van der Waals surface area (Å²) in [6, 6.07) is 4.70. The van der Waals surface area contributed by atoms with E-state index in [4.69, 9.17) is 13.6 Å². The number of benzene rings is 1. The van der Waals surface area contributed by atoms with Crippen LogP contribution >= 0.6 is 7.82 Å². The number of hydrogen-bond donors (Lipinski definition) is 1. The first-order chi connectivity index (χ1) is 9.54. The number of unbranched alkanes of at least 4 members (excludes halogenated alkanes) is 1. The first-order valence-corrected chi connectivity index (χ1v) is 8.41. The number of hydrogen-bond acceptors (Lipinski definition) is 5. The summed E-state index contributed by atoms with van der Waals surface area (Å²) in [7, 11) is -3.60. The number of aryl methyl sites for hydroxylation is 1. The number of phenols is 1. The summed E-state index contributed by atoms with van der Waals surface area (Å²) in [5.41, 5.74) is 0.798. The van der Waals surface area contributed by atoms with Gasteiger partial charge in [-0.3, -0.25) is 9.05 Å². The Kier molecular flexibility index (Phi) is 7.06. The van der Waals surface area contributed by atoms with Gasteiger partial charge in [0.05, 0.1) is 13.2 Å². The van der Waals surface area contributed by atoms with Crippen LogP contribution in [0.1, 0.15) is 39.2 Å². The summed E-state index contributed by atoms with van der Waals surface area (Å²) < 4.78 is 28.1. The molecule has 0 fully saturated rings. The average molecular weight is 302 g/mol. The standard InChI is InChI=1S/C14H23O5P/c1-4-7-8-12-11-13(15)9-10-14(12)19-20(16,17-5-2)18-6-3/h9-11,15H,4-8H2,1-3H3. The van der Waals surface area contributed by atoms with Gasteiger partial charge in [-0.2, -0.15) is 0 Å². The quantitative estimate of drug-likeness (QED) is 0.689. The van der Waals surface area contributed by atoms with Crippen LogP contribution in [0.4, 0.5) is 0 Å². The smallest absolute Gasteiger partial charge is 0.508 e. The van der Waals surface area contributed by atoms with Crippen molar-refractivity contribution in [1.82, 2.24) is 0 Å². The van der Waals surface area contributed by atoms with Crippen LogP contribution in [0.3, 0.4) is 0 Å². The third-order valence-corrected chi connectivity index (χ3v) is 4.20. The Morgan fingerprint density at radius 1 is 1.15 bits per heavy atom. The van der Waals surface area contributed by atoms with Gasteiger partial charge in [-0.1, -0.05) is 13.3 Å². The molecule has 0 radical (unpaired) electrons. The van der Waals surface area contributed by atoms with Crippen molar-refractivity contribution in [2.24, 2.45) is 0 Å². The topological polar surface area (TPSA) is 65.0 Å². The zero-order chi connectivity index (χ0) is 15.0. The molecule has 0 aliphatic heterocycles. The molecule has 0 amide bonds. The molecular weight excluding hydrogens is 279 g/mol. The van der Waals surface area contributed by atoms with E-state index in [1.165, 1.54) is 6.07 Å². The van der Waals surface area contributed by atoms with Gasteiger partial charge in [0, 0.05) is 0 Å². The number of aromatic hydroxyl groups is 1. The summed E-state index contributed by atoms with van der Waals surface area (Å²) in [6.45, 7) is 6.00. The highest BCUT2D eigenvalue weighted by atomic mass is 31.2. The van der Waals surface area contributed by atoms with Crippen LogP contribution in [0.15, 0.2) is 18.2 Å². The minimum Gasteiger partial charge on any atom is -0.508 e. The van der Waals surface area contributed by atoms with Crippen LogP contribution in [0, 0.1) is 0 Å². The van der Waals surface area contributed by atoms with Gasteiger partial charge in [0.15, 0.2) is 0 Å². The maximum absolute atomic E-state index is 12.4. The van der Waals surface area contributed by atoms with Crippen LogP contribution in [0.2, 0.25) is 0 Å². The lowest BCUT2D eigenvalue weighted by molar-refractivity contribution is 0.167. The average Bonchev–Trinajstić information content (AvgIpc) is 2.39. The van der Waals surface area contributed by atoms with Crippen molar-refractivity contribution in [1.29, 1.82) is 0 Å². The molecule has 0 aromatic heterocycles. The normalized spacial score (nSPS) is 11.6. The Hall–Kier alpha value is -1.03. The van der Waals surface area contributed by atoms with Gasteiger partial charge in [0.2, 0.25) is 0 Å². The fourth-order valence-corrected chi connectivity index (χ4v) is 2.98. The fraction of sp³-hybridized carbons (Fsp3) is 0.571. The Labute approximate surface area is 120 Å². The third kappa shape index (κ3) is 5.16. The summed E-state index contributed by atoms with van der Waals surface area (Å²) in [5, 5.41) is 9.55. The largest absolute Gasteiger partial charge is 0.530 e. The molecular formula is C14H23O5P. The first-order valence-electron chi connectivity index (χ1n) is 6.95. The summed E-state index contributed by atoms with van der Waals surface area (Å²) >= 11 is 0. The molecule has 0 aliphatic rings. The molecule has 1 N–H and O–H groups in total. The molecule has 6 heteroatoms. The van der Waals surface area contributed by atoms with Crippen molar-refractivity contribution >= 4 is 7.82 Å². The molecule has 1 rings (SSSR count). The van der Waals surface area contributed by atoms with E-state index in [-0.39, 0.29) is 19.0 Å². The molecule has 0 saturated heterocycles. The van der Waals surface area contributed by atoms with Gasteiger partial charge < -0.3 is 9.63 Å². The van der Waals surface area contributed by atoms with Crippen LogP contribution in [0.25, 0.3) is 0 Å². The third-order valence-electron chi connectivity index (χ3n) is 2.63. The van der Waals surface area contributed by atoms with Crippen molar-refractivity contribution in [3.63, 3.8) is 0 Å². The Bertz CT molecular complexity index is 451. The zero-order valence-electron chi connectivity index (χ0n) is 12.3. The van der Waals surface area contributed by atoms with Gasteiger partial charge >= 0.3 is 7.82 Å². The first kappa shape index (κ1) is 17.0. The molecule has 0 saturated carbocycles. The molecule has 20 heavy (non-hydrogen) atoms. The molecule has 0 bridgehead atoms. The molecule has 0 heterocycles. The summed E-state index contributed by atoms with van der Waals surface area (Å²) in [6.07, 6.45) is 2.70. The van der Waals surface area contributed by atoms with Crippen LogP contribution in [-0.2, 0) is 20.0 Å². The van der Waals surface area contributed by atoms with Gasteiger partial charge in [-0.25, -0.2) is 4.57 Å². The minimum absolute atomic E-state index is 0.158. The zero-order valence-corrected chi connectivity index (χ0v) is 13.2. The van der Waals surface area contributed by atoms with E-state index >= 15 is 0 Å². The lowest BCUT2D eigenvalue weighted by Crippen LogP contribution is -2.04. The highest BCUT2D eigenvalue weighted by Gasteiger charge is 2.28. The predicted molar refractivity (Wildman–Crippen MR) is 78.2 cm³/mol. The van der Waals surface area contributed by atoms with E-state index < -0.39 is 7.82 Å². The van der Waals surface area contributed by atoms with Crippen LogP contribution < -0.4 is 4.52 Å². The number of phosphoric acid groups is 1. The van der Waals surface area contributed by atoms with Crippen molar-refractivity contribution in [2.75, 3.05) is 13.2 Å². The monoisotopic (exact) mass is 302 g/mol. The Morgan fingerprint density at radius 3 is 2.35 bits per heavy atom. The molecule has 5 nitrogen and oxygen atoms in total. The van der Waals surface area contributed by atoms with Crippen molar-refractivity contribution in [3.8, 4) is 11.5 Å². The highest BCUT2D eigenvalue weighted by Crippen LogP contribution is 2.50. The van der Waals surface area contributed by atoms with E-state index in [1.807, 2.05) is 0 Å². The molecule has 114 valence electrons. The molecule has 1 aromatic carbocycles. The minimum atomic E-state index is -3.60. The van der Waals surface area contributed by atoms with Crippen LogP contribution in [-0.4, -0.2) is 18.3 Å². The lowest BCUT2D eigenvalue weighted by Gasteiger charge is -2.19. The van der Waals surface area contributed by atoms with Gasteiger partial charge in [-0.05, 0) is 50.5 Å². The fourth-order valence-electron chi connectivity index (χ4n) is 1.74. The van der Waals surface area contributed by atoms with E-state index in [1.54, 1.807) is 26.0 Å². The maximum atomic E-state index is 12.4. The van der Waals surface area contributed by atoms with Crippen molar-refractivity contribution in [2.45, 2.75) is 40.0 Å². The number of phosphoric ester groups is 1. The highest BCUT2D eigenvalue weighted by molar-refractivity contribution is 7.48. The van der Waals surface area contributed by atoms with Crippen molar-refractivity contribution < 1.29 is 23.2 Å². The van der Waals surface area contributed by atoms with Gasteiger partial charge in [-0.15, -0.1) is 0 Å². The summed E-state index contributed by atoms with van der Waals surface area (Å²) in [4.78, 5) is 0. The van der Waals surface area contributed by atoms with E-state index in [0.29, 0.717) is 5.75 Å². The second-order valence-corrected chi connectivity index (χ2v) is 5.86. The molecule has 0 aliphatic carbocycles. The van der Waals surface area contributed by atoms with Gasteiger partial charge in [0.25, 0.3) is 0 Å². The molecule has 0 spiro atoms. The van der Waals surface area contributed by atoms with Gasteiger partial charge in [0.1, 0.15) is 11.5 Å². The predicted octanol–water partition coefficient (Wildman–Crippen LogP) is 4.29. The van der Waals surface area contributed by atoms with Crippen LogP contribution in [0.5, 0.6) is 11.5 Å². The van der Waals surface area contributed by atoms with E-state index in [0.717, 1.165) is 24.8 Å². The molecule has 1 aromatic rings. The lowest BCUT2D eigenvalue weighted by atomic mass is 10.1. The number of phenolic OH excluding ortho intramolecular Hbond substituents is 1. The maximum Gasteiger partial charge on any atom is 0.530 e. The van der Waals surface area contributed by atoms with E-state index in [2.05, 4.69) is 6.92 Å². The molecule has 0 atom stereocenters. The second-order valence-electron chi connectivity index (χ2n) is 4.27. The SMILES string of the molecule is CCCCc1cc(O)ccc1OP(=O)(OCC)OCC. The summed E-state index contributed by atoms with van der Waals surface area (Å²) in [5.74, 6) is 0.590. The second kappa shape index (κ2) is 8.30. The number of rotatable bonds is 9. The molecule has 0 unspecified atom stereocenters. The van der Waals surface area contributed by atoms with E-state index in [9.17, 15) is 9.67 Å². The van der Waals surface area contributed by atoms with Crippen molar-refractivity contribution in [3.05, 3.63) is 23.8 Å². The Morgan fingerprint density at radius 2 is 1.80 bits per heavy atom. The Balaban J connectivity index is 2.96.